The number of benzene rings is 2. The van der Waals surface area contributed by atoms with Crippen molar-refractivity contribution >= 4 is 58.4 Å². The first-order valence-electron chi connectivity index (χ1n) is 7.21. The first-order valence-corrected chi connectivity index (χ1v) is 8.34. The summed E-state index contributed by atoms with van der Waals surface area (Å²) in [6, 6.07) is 10.1. The third-order valence-corrected chi connectivity index (χ3v) is 4.30. The quantitative estimate of drug-likeness (QED) is 0.560. The number of rotatable bonds is 5. The smallest absolute Gasteiger partial charge is 0.331 e. The van der Waals surface area contributed by atoms with Gasteiger partial charge in [0.25, 0.3) is 5.91 Å². The molecule has 0 heterocycles. The Kier molecular flexibility index (Phi) is 6.88. The molecule has 2 rings (SSSR count). The Morgan fingerprint density at radius 1 is 1.04 bits per heavy atom. The zero-order valence-corrected chi connectivity index (χ0v) is 15.5. The van der Waals surface area contributed by atoms with Crippen molar-refractivity contribution in [1.82, 2.24) is 0 Å². The lowest BCUT2D eigenvalue weighted by Crippen LogP contribution is -2.20. The van der Waals surface area contributed by atoms with Gasteiger partial charge in [-0.25, -0.2) is 4.79 Å². The van der Waals surface area contributed by atoms with Gasteiger partial charge in [0, 0.05) is 16.8 Å². The van der Waals surface area contributed by atoms with E-state index in [-0.39, 0.29) is 0 Å². The highest BCUT2D eigenvalue weighted by molar-refractivity contribution is 6.42. The summed E-state index contributed by atoms with van der Waals surface area (Å²) in [6.07, 6.45) is 2.72. The van der Waals surface area contributed by atoms with E-state index in [1.54, 1.807) is 36.4 Å². The lowest BCUT2D eigenvalue weighted by molar-refractivity contribution is -0.142. The van der Waals surface area contributed by atoms with Crippen LogP contribution in [0, 0.1) is 6.92 Å². The normalized spacial score (nSPS) is 10.7. The fourth-order valence-corrected chi connectivity index (χ4v) is 2.32. The third kappa shape index (κ3) is 6.09. The molecule has 4 nitrogen and oxygen atoms in total. The summed E-state index contributed by atoms with van der Waals surface area (Å²) in [5, 5.41) is 3.95. The van der Waals surface area contributed by atoms with Crippen LogP contribution in [0.5, 0.6) is 0 Å². The predicted molar refractivity (Wildman–Crippen MR) is 101 cm³/mol. The third-order valence-electron chi connectivity index (χ3n) is 3.16. The maximum atomic E-state index is 11.8. The fourth-order valence-electron chi connectivity index (χ4n) is 1.83. The summed E-state index contributed by atoms with van der Waals surface area (Å²) in [7, 11) is 0. The van der Waals surface area contributed by atoms with Crippen molar-refractivity contribution in [2.75, 3.05) is 11.9 Å². The summed E-state index contributed by atoms with van der Waals surface area (Å²) in [4.78, 5) is 23.4. The van der Waals surface area contributed by atoms with Gasteiger partial charge in [0.1, 0.15) is 0 Å². The number of ether oxygens (including phenoxy) is 1. The zero-order valence-electron chi connectivity index (χ0n) is 13.2. The highest BCUT2D eigenvalue weighted by Gasteiger charge is 2.07. The molecule has 2 aromatic carbocycles. The van der Waals surface area contributed by atoms with Crippen LogP contribution in [0.1, 0.15) is 11.1 Å². The van der Waals surface area contributed by atoms with Crippen LogP contribution in [0.2, 0.25) is 15.1 Å². The Morgan fingerprint density at radius 2 is 1.80 bits per heavy atom. The summed E-state index contributed by atoms with van der Waals surface area (Å²) in [6.45, 7) is 1.45. The minimum absolute atomic E-state index is 0.383. The van der Waals surface area contributed by atoms with Crippen LogP contribution in [-0.2, 0) is 14.3 Å². The van der Waals surface area contributed by atoms with E-state index in [1.165, 1.54) is 12.2 Å². The molecule has 25 heavy (non-hydrogen) atoms. The number of anilines is 1. The Balaban J connectivity index is 1.84. The van der Waals surface area contributed by atoms with E-state index in [4.69, 9.17) is 39.5 Å². The van der Waals surface area contributed by atoms with Crippen LogP contribution in [0.4, 0.5) is 5.69 Å². The van der Waals surface area contributed by atoms with Crippen LogP contribution >= 0.6 is 34.8 Å². The van der Waals surface area contributed by atoms with Crippen molar-refractivity contribution in [3.05, 3.63) is 68.7 Å². The molecule has 0 aliphatic rings. The monoisotopic (exact) mass is 397 g/mol. The van der Waals surface area contributed by atoms with Crippen molar-refractivity contribution in [3.63, 3.8) is 0 Å². The van der Waals surface area contributed by atoms with Gasteiger partial charge in [-0.1, -0.05) is 46.9 Å². The molecular weight excluding hydrogens is 385 g/mol. The maximum absolute atomic E-state index is 11.8. The van der Waals surface area contributed by atoms with Gasteiger partial charge in [-0.3, -0.25) is 4.79 Å². The molecule has 0 saturated heterocycles. The Bertz CT molecular complexity index is 834. The van der Waals surface area contributed by atoms with E-state index >= 15 is 0 Å². The number of hydrogen-bond donors (Lipinski definition) is 1. The van der Waals surface area contributed by atoms with E-state index in [2.05, 4.69) is 5.32 Å². The summed E-state index contributed by atoms with van der Waals surface area (Å²) >= 11 is 17.7. The average Bonchev–Trinajstić information content (AvgIpc) is 2.57. The topological polar surface area (TPSA) is 55.4 Å². The number of carbonyl (C=O) groups excluding carboxylic acids is 2. The van der Waals surface area contributed by atoms with Crippen LogP contribution in [0.25, 0.3) is 6.08 Å². The van der Waals surface area contributed by atoms with Gasteiger partial charge < -0.3 is 10.1 Å². The van der Waals surface area contributed by atoms with E-state index in [0.29, 0.717) is 26.3 Å². The molecule has 130 valence electrons. The molecule has 2 aromatic rings. The molecule has 0 aliphatic carbocycles. The number of esters is 1. The minimum atomic E-state index is -0.650. The molecule has 0 aromatic heterocycles. The molecule has 0 unspecified atom stereocenters. The molecule has 7 heteroatoms. The van der Waals surface area contributed by atoms with Crippen molar-refractivity contribution in [2.45, 2.75) is 6.92 Å². The van der Waals surface area contributed by atoms with Gasteiger partial charge in [0.15, 0.2) is 6.61 Å². The van der Waals surface area contributed by atoms with Crippen LogP contribution in [-0.4, -0.2) is 18.5 Å². The lowest BCUT2D eigenvalue weighted by atomic mass is 10.2. The van der Waals surface area contributed by atoms with Gasteiger partial charge in [-0.05, 0) is 48.4 Å². The van der Waals surface area contributed by atoms with Gasteiger partial charge in [0.2, 0.25) is 0 Å². The summed E-state index contributed by atoms with van der Waals surface area (Å²) < 4.78 is 4.88. The second kappa shape index (κ2) is 8.90. The second-order valence-electron chi connectivity index (χ2n) is 5.13. The largest absolute Gasteiger partial charge is 0.452 e. The molecule has 0 spiro atoms. The molecule has 0 fully saturated rings. The minimum Gasteiger partial charge on any atom is -0.452 e. The van der Waals surface area contributed by atoms with E-state index in [1.807, 2.05) is 6.92 Å². The van der Waals surface area contributed by atoms with Gasteiger partial charge >= 0.3 is 5.97 Å². The highest BCUT2D eigenvalue weighted by Crippen LogP contribution is 2.23. The van der Waals surface area contributed by atoms with Crippen molar-refractivity contribution in [3.8, 4) is 0 Å². The lowest BCUT2D eigenvalue weighted by Gasteiger charge is -2.07. The number of halogens is 3. The van der Waals surface area contributed by atoms with Crippen molar-refractivity contribution in [2.24, 2.45) is 0 Å². The predicted octanol–water partition coefficient (Wildman–Crippen LogP) is 5.15. The number of hydrogen-bond acceptors (Lipinski definition) is 3. The maximum Gasteiger partial charge on any atom is 0.331 e. The fraction of sp³-hybridized carbons (Fsp3) is 0.111. The van der Waals surface area contributed by atoms with Crippen LogP contribution in [0.15, 0.2) is 42.5 Å². The molecule has 0 saturated carbocycles. The first kappa shape index (κ1) is 19.3. The van der Waals surface area contributed by atoms with Gasteiger partial charge in [-0.15, -0.1) is 0 Å². The zero-order chi connectivity index (χ0) is 18.4. The molecule has 1 amide bonds. The Hall–Kier alpha value is -2.01. The van der Waals surface area contributed by atoms with E-state index < -0.39 is 18.5 Å². The standard InChI is InChI=1S/C18H14Cl3NO3/c1-11-2-5-13(9-15(11)20)22-17(23)10-25-18(24)7-4-12-3-6-14(19)16(21)8-12/h2-9H,10H2,1H3,(H,22,23). The Morgan fingerprint density at radius 3 is 2.48 bits per heavy atom. The molecular formula is C18H14Cl3NO3. The summed E-state index contributed by atoms with van der Waals surface area (Å²) in [5.41, 5.74) is 2.12. The Labute approximate surface area is 160 Å². The molecule has 0 bridgehead atoms. The molecule has 0 radical (unpaired) electrons. The van der Waals surface area contributed by atoms with E-state index in [9.17, 15) is 9.59 Å². The van der Waals surface area contributed by atoms with Crippen molar-refractivity contribution < 1.29 is 14.3 Å². The SMILES string of the molecule is Cc1ccc(NC(=O)COC(=O)C=Cc2ccc(Cl)c(Cl)c2)cc1Cl. The molecule has 1 N–H and O–H groups in total. The van der Waals surface area contributed by atoms with E-state index in [0.717, 1.165) is 5.56 Å². The number of carbonyl (C=O) groups is 2. The first-order chi connectivity index (χ1) is 11.8. The van der Waals surface area contributed by atoms with Crippen LogP contribution in [0.3, 0.4) is 0 Å². The summed E-state index contributed by atoms with van der Waals surface area (Å²) in [5.74, 6) is -1.11. The van der Waals surface area contributed by atoms with Crippen molar-refractivity contribution in [1.29, 1.82) is 0 Å². The second-order valence-corrected chi connectivity index (χ2v) is 6.35. The van der Waals surface area contributed by atoms with Gasteiger partial charge in [0.05, 0.1) is 10.0 Å². The number of aryl methyl sites for hydroxylation is 1. The van der Waals surface area contributed by atoms with Gasteiger partial charge in [-0.2, -0.15) is 0 Å². The number of amides is 1. The van der Waals surface area contributed by atoms with Crippen LogP contribution < -0.4 is 5.32 Å². The molecule has 0 aliphatic heterocycles. The molecule has 0 atom stereocenters. The average molecular weight is 399 g/mol. The highest BCUT2D eigenvalue weighted by atomic mass is 35.5. The number of nitrogens with one attached hydrogen (secondary N) is 1.